The molecule has 0 aromatic heterocycles. The average Bonchev–Trinajstić information content (AvgIpc) is 2.14. The van der Waals surface area contributed by atoms with Gasteiger partial charge in [0, 0.05) is 25.2 Å². The van der Waals surface area contributed by atoms with Gasteiger partial charge in [-0.25, -0.2) is 0 Å². The first-order valence-electron chi connectivity index (χ1n) is 4.29. The van der Waals surface area contributed by atoms with E-state index in [9.17, 15) is 10.1 Å². The average molecular weight is 227 g/mol. The Kier molecular flexibility index (Phi) is 3.68. The van der Waals surface area contributed by atoms with Crippen molar-refractivity contribution in [1.82, 2.24) is 4.90 Å². The highest BCUT2D eigenvalue weighted by atomic mass is 35.5. The molecule has 0 radical (unpaired) electrons. The molecule has 0 atom stereocenters. The van der Waals surface area contributed by atoms with Gasteiger partial charge in [0.05, 0.1) is 10.5 Å². The standard InChI is InChI=1S/C10H11ClN2O2/c1-12(2)6-5-8-7-9(11)3-4-10(8)13(14)15/h3-7H,1-2H3/b6-5+. The lowest BCUT2D eigenvalue weighted by molar-refractivity contribution is -0.385. The molecule has 4 nitrogen and oxygen atoms in total. The Morgan fingerprint density at radius 3 is 2.67 bits per heavy atom. The second-order valence-electron chi connectivity index (χ2n) is 3.24. The Bertz CT molecular complexity index is 402. The first kappa shape index (κ1) is 11.5. The number of rotatable bonds is 3. The maximum atomic E-state index is 10.7. The van der Waals surface area contributed by atoms with Crippen LogP contribution in [-0.4, -0.2) is 23.9 Å². The molecule has 0 saturated carbocycles. The molecule has 0 saturated heterocycles. The molecule has 0 aliphatic carbocycles. The van der Waals surface area contributed by atoms with Crippen molar-refractivity contribution in [1.29, 1.82) is 0 Å². The first-order valence-corrected chi connectivity index (χ1v) is 4.67. The third-order valence-electron chi connectivity index (χ3n) is 1.74. The van der Waals surface area contributed by atoms with Crippen molar-refractivity contribution in [2.45, 2.75) is 0 Å². The zero-order valence-corrected chi connectivity index (χ0v) is 9.23. The lowest BCUT2D eigenvalue weighted by Gasteiger charge is -2.03. The second-order valence-corrected chi connectivity index (χ2v) is 3.68. The third-order valence-corrected chi connectivity index (χ3v) is 1.97. The number of hydrogen-bond acceptors (Lipinski definition) is 3. The lowest BCUT2D eigenvalue weighted by atomic mass is 10.2. The van der Waals surface area contributed by atoms with Crippen LogP contribution < -0.4 is 0 Å². The summed E-state index contributed by atoms with van der Waals surface area (Å²) in [4.78, 5) is 12.1. The molecule has 0 spiro atoms. The van der Waals surface area contributed by atoms with Gasteiger partial charge < -0.3 is 4.90 Å². The topological polar surface area (TPSA) is 46.4 Å². The van der Waals surface area contributed by atoms with E-state index < -0.39 is 4.92 Å². The van der Waals surface area contributed by atoms with Gasteiger partial charge in [-0.2, -0.15) is 0 Å². The van der Waals surface area contributed by atoms with E-state index in [4.69, 9.17) is 11.6 Å². The van der Waals surface area contributed by atoms with Gasteiger partial charge in [0.15, 0.2) is 0 Å². The van der Waals surface area contributed by atoms with Crippen molar-refractivity contribution < 1.29 is 4.92 Å². The number of hydrogen-bond donors (Lipinski definition) is 0. The van der Waals surface area contributed by atoms with Gasteiger partial charge in [-0.05, 0) is 24.4 Å². The molecule has 5 heteroatoms. The van der Waals surface area contributed by atoms with Crippen LogP contribution in [0.5, 0.6) is 0 Å². The Balaban J connectivity index is 3.13. The fourth-order valence-electron chi connectivity index (χ4n) is 1.05. The highest BCUT2D eigenvalue weighted by molar-refractivity contribution is 6.30. The molecule has 1 aromatic carbocycles. The van der Waals surface area contributed by atoms with Crippen molar-refractivity contribution in [2.24, 2.45) is 0 Å². The fraction of sp³-hybridized carbons (Fsp3) is 0.200. The maximum Gasteiger partial charge on any atom is 0.276 e. The second kappa shape index (κ2) is 4.79. The molecular weight excluding hydrogens is 216 g/mol. The molecule has 0 amide bonds. The maximum absolute atomic E-state index is 10.7. The summed E-state index contributed by atoms with van der Waals surface area (Å²) in [6.45, 7) is 0. The van der Waals surface area contributed by atoms with E-state index in [1.54, 1.807) is 23.2 Å². The lowest BCUT2D eigenvalue weighted by Crippen LogP contribution is -2.00. The Morgan fingerprint density at radius 1 is 1.47 bits per heavy atom. The van der Waals surface area contributed by atoms with Crippen molar-refractivity contribution in [3.63, 3.8) is 0 Å². The zero-order chi connectivity index (χ0) is 11.4. The van der Waals surface area contributed by atoms with Crippen molar-refractivity contribution >= 4 is 23.4 Å². The summed E-state index contributed by atoms with van der Waals surface area (Å²) < 4.78 is 0. The molecule has 0 aliphatic heterocycles. The monoisotopic (exact) mass is 226 g/mol. The van der Waals surface area contributed by atoms with Crippen LogP contribution in [0, 0.1) is 10.1 Å². The fourth-order valence-corrected chi connectivity index (χ4v) is 1.24. The van der Waals surface area contributed by atoms with Gasteiger partial charge in [-0.15, -0.1) is 0 Å². The molecule has 1 rings (SSSR count). The molecule has 15 heavy (non-hydrogen) atoms. The highest BCUT2D eigenvalue weighted by Gasteiger charge is 2.10. The molecule has 0 unspecified atom stereocenters. The Morgan fingerprint density at radius 2 is 2.13 bits per heavy atom. The van der Waals surface area contributed by atoms with Gasteiger partial charge in [0.1, 0.15) is 0 Å². The van der Waals surface area contributed by atoms with Gasteiger partial charge in [-0.1, -0.05) is 11.6 Å². The molecule has 80 valence electrons. The van der Waals surface area contributed by atoms with Crippen LogP contribution in [0.15, 0.2) is 24.4 Å². The molecular formula is C10H11ClN2O2. The predicted octanol–water partition coefficient (Wildman–Crippen LogP) is 2.78. The van der Waals surface area contributed by atoms with Gasteiger partial charge in [0.25, 0.3) is 5.69 Å². The summed E-state index contributed by atoms with van der Waals surface area (Å²) in [5.41, 5.74) is 0.554. The Hall–Kier alpha value is -1.55. The number of halogens is 1. The molecule has 0 bridgehead atoms. The molecule has 1 aromatic rings. The number of nitrogens with zero attached hydrogens (tertiary/aromatic N) is 2. The van der Waals surface area contributed by atoms with E-state index >= 15 is 0 Å². The van der Waals surface area contributed by atoms with E-state index in [0.29, 0.717) is 10.6 Å². The van der Waals surface area contributed by atoms with Gasteiger partial charge in [-0.3, -0.25) is 10.1 Å². The largest absolute Gasteiger partial charge is 0.383 e. The van der Waals surface area contributed by atoms with E-state index in [-0.39, 0.29) is 5.69 Å². The SMILES string of the molecule is CN(C)/C=C/c1cc(Cl)ccc1[N+](=O)[O-]. The normalized spacial score (nSPS) is 10.6. The highest BCUT2D eigenvalue weighted by Crippen LogP contribution is 2.23. The molecule has 0 fully saturated rings. The zero-order valence-electron chi connectivity index (χ0n) is 8.48. The minimum Gasteiger partial charge on any atom is -0.383 e. The van der Waals surface area contributed by atoms with Crippen LogP contribution in [0.1, 0.15) is 5.56 Å². The van der Waals surface area contributed by atoms with E-state index in [1.807, 2.05) is 14.1 Å². The van der Waals surface area contributed by atoms with E-state index in [1.165, 1.54) is 12.1 Å². The van der Waals surface area contributed by atoms with Crippen LogP contribution in [0.4, 0.5) is 5.69 Å². The minimum absolute atomic E-state index is 0.0532. The summed E-state index contributed by atoms with van der Waals surface area (Å²) >= 11 is 5.77. The first-order chi connectivity index (χ1) is 7.00. The van der Waals surface area contributed by atoms with Gasteiger partial charge >= 0.3 is 0 Å². The predicted molar refractivity (Wildman–Crippen MR) is 60.8 cm³/mol. The van der Waals surface area contributed by atoms with Crippen LogP contribution in [0.2, 0.25) is 5.02 Å². The number of nitro benzene ring substituents is 1. The van der Waals surface area contributed by atoms with Crippen molar-refractivity contribution in [3.05, 3.63) is 45.1 Å². The van der Waals surface area contributed by atoms with Crippen molar-refractivity contribution in [3.8, 4) is 0 Å². The molecule has 0 N–H and O–H groups in total. The summed E-state index contributed by atoms with van der Waals surface area (Å²) in [5.74, 6) is 0. The van der Waals surface area contributed by atoms with Gasteiger partial charge in [0.2, 0.25) is 0 Å². The van der Waals surface area contributed by atoms with E-state index in [2.05, 4.69) is 0 Å². The van der Waals surface area contributed by atoms with E-state index in [0.717, 1.165) is 0 Å². The van der Waals surface area contributed by atoms with Crippen LogP contribution in [0.3, 0.4) is 0 Å². The minimum atomic E-state index is -0.425. The quantitative estimate of drug-likeness (QED) is 0.588. The van der Waals surface area contributed by atoms with Crippen LogP contribution in [0.25, 0.3) is 6.08 Å². The summed E-state index contributed by atoms with van der Waals surface area (Å²) in [5, 5.41) is 11.2. The number of benzene rings is 1. The van der Waals surface area contributed by atoms with Crippen LogP contribution in [-0.2, 0) is 0 Å². The molecule has 0 heterocycles. The summed E-state index contributed by atoms with van der Waals surface area (Å²) in [7, 11) is 3.68. The Labute approximate surface area is 92.9 Å². The summed E-state index contributed by atoms with van der Waals surface area (Å²) in [6.07, 6.45) is 3.39. The third kappa shape index (κ3) is 3.25. The number of nitro groups is 1. The van der Waals surface area contributed by atoms with Crippen molar-refractivity contribution in [2.75, 3.05) is 14.1 Å². The molecule has 0 aliphatic rings. The smallest absolute Gasteiger partial charge is 0.276 e. The van der Waals surface area contributed by atoms with Crippen LogP contribution >= 0.6 is 11.6 Å². The summed E-state index contributed by atoms with van der Waals surface area (Å²) in [6, 6.07) is 4.48.